The number of ether oxygens (including phenoxy) is 8. The molecule has 0 spiro atoms. The molecule has 4 aromatic rings. The second-order valence-electron chi connectivity index (χ2n) is 38.7. The van der Waals surface area contributed by atoms with Gasteiger partial charge in [0.15, 0.2) is 69.9 Å². The molecule has 0 aliphatic heterocycles. The number of rotatable bonds is 52. The second-order valence-corrected chi connectivity index (χ2v) is 38.7. The summed E-state index contributed by atoms with van der Waals surface area (Å²) in [6.07, 6.45) is 19.3. The van der Waals surface area contributed by atoms with Crippen molar-refractivity contribution in [3.05, 3.63) is 118 Å². The van der Waals surface area contributed by atoms with E-state index >= 15 is 0 Å². The molecule has 696 valence electrons. The van der Waals surface area contributed by atoms with Crippen molar-refractivity contribution in [3.8, 4) is 23.0 Å². The summed E-state index contributed by atoms with van der Waals surface area (Å²) < 4.78 is 43.7. The quantitative estimate of drug-likeness (QED) is 0.0172. The number of ketones is 8. The lowest BCUT2D eigenvalue weighted by molar-refractivity contribution is -0.157. The number of esters is 4. The molecule has 0 radical (unpaired) electrons. The number of unbranched alkanes of at least 4 members (excludes halogenated alkanes) is 13. The number of carbonyl (C=O) groups excluding carboxylic acids is 12. The molecule has 0 bridgehead atoms. The van der Waals surface area contributed by atoms with Crippen molar-refractivity contribution in [3.63, 3.8) is 0 Å². The first-order chi connectivity index (χ1) is 57.9. The molecule has 0 saturated carbocycles. The van der Waals surface area contributed by atoms with Gasteiger partial charge in [-0.05, 0) is 182 Å². The van der Waals surface area contributed by atoms with Crippen molar-refractivity contribution in [2.75, 3.05) is 52.9 Å². The van der Waals surface area contributed by atoms with E-state index in [1.807, 2.05) is 67.6 Å². The van der Waals surface area contributed by atoms with Crippen LogP contribution in [0.3, 0.4) is 0 Å². The van der Waals surface area contributed by atoms with Gasteiger partial charge in [-0.3, -0.25) is 57.5 Å². The Bertz CT molecular complexity index is 3910. The number of Topliss-reactive ketones (excluding diaryl/α,β-unsaturated/α-hetero) is 8. The van der Waals surface area contributed by atoms with E-state index in [1.165, 1.54) is 101 Å². The summed E-state index contributed by atoms with van der Waals surface area (Å²) in [7, 11) is 0. The van der Waals surface area contributed by atoms with Crippen LogP contribution in [0.1, 0.15) is 367 Å². The predicted octanol–water partition coefficient (Wildman–Crippen LogP) is 22.8. The summed E-state index contributed by atoms with van der Waals surface area (Å²) in [6, 6.07) is 28.3. The van der Waals surface area contributed by atoms with Crippen molar-refractivity contribution >= 4 is 70.1 Å². The van der Waals surface area contributed by atoms with E-state index in [4.69, 9.17) is 37.9 Å². The van der Waals surface area contributed by atoms with E-state index in [0.717, 1.165) is 79.1 Å². The summed E-state index contributed by atoms with van der Waals surface area (Å²) in [5.74, 6) is -8.63. The van der Waals surface area contributed by atoms with E-state index < -0.39 is 93.8 Å². The molecule has 0 N–H and O–H groups in total. The molecule has 4 aromatic carbocycles. The second kappa shape index (κ2) is 57.8. The minimum absolute atomic E-state index is 0.0401. The standard InChI is InChI=1S/C28H44O5.2C26H40O5.C24H36O5/c1-6-7-8-9-10-11-12-13-20-33-27(31)26(22(2)29)25(30)15-14-21-32-24-18-16-23(17-19-24)28(3,4)5;1-9-10-15-31-24(29)23(18(2)27)21(28)12-11-16-30-22-14-13-19(25(3,4)5)17-20(22)26(6,7)8;1-6-7-8-9-10-11-18-31-25(29)24(20(2)27)23(28)13-12-19-30-22-16-14-21(15-17-22)26(3,4)5;1-9-28-22(27)21(16(2)25)19(26)11-10-14-29-20-13-12-17(23(3,4)5)15-18(20)24(6,7)8/h16-19,26H,6-15,20-21H2,1-5H3;13-14,17,23H,9-12,15-16H2,1-8H3;14-17,24H,6-13,18-19H2,1-5H3;12-13,15,21H,9-11,14H2,1-8H3. The van der Waals surface area contributed by atoms with Crippen LogP contribution in [0.25, 0.3) is 0 Å². The van der Waals surface area contributed by atoms with Gasteiger partial charge in [0.1, 0.15) is 23.0 Å². The van der Waals surface area contributed by atoms with Crippen LogP contribution in [0.2, 0.25) is 0 Å². The lowest BCUT2D eigenvalue weighted by atomic mass is 9.80. The minimum atomic E-state index is -1.33. The molecule has 20 heteroatoms. The number of hydrogen-bond donors (Lipinski definition) is 0. The van der Waals surface area contributed by atoms with Crippen LogP contribution in [-0.2, 0) is 109 Å². The molecular formula is C104H160O20. The third-order valence-electron chi connectivity index (χ3n) is 20.9. The van der Waals surface area contributed by atoms with E-state index in [2.05, 4.69) is 163 Å². The first-order valence-corrected chi connectivity index (χ1v) is 45.7. The zero-order valence-corrected chi connectivity index (χ0v) is 81.2. The average molecular weight is 1730 g/mol. The Morgan fingerprint density at radius 1 is 0.250 bits per heavy atom. The molecule has 124 heavy (non-hydrogen) atoms. The van der Waals surface area contributed by atoms with Crippen LogP contribution in [0.4, 0.5) is 0 Å². The summed E-state index contributed by atoms with van der Waals surface area (Å²) in [5, 5.41) is 0. The average Bonchev–Trinajstić information content (AvgIpc) is 0.803. The highest BCUT2D eigenvalue weighted by atomic mass is 16.5. The van der Waals surface area contributed by atoms with Gasteiger partial charge in [0.2, 0.25) is 0 Å². The highest BCUT2D eigenvalue weighted by Gasteiger charge is 2.36. The Balaban J connectivity index is 0.000000827. The summed E-state index contributed by atoms with van der Waals surface area (Å²) in [6.45, 7) is 54.1. The Labute approximate surface area is 746 Å². The maximum atomic E-state index is 12.5. The van der Waals surface area contributed by atoms with Crippen LogP contribution < -0.4 is 18.9 Å². The van der Waals surface area contributed by atoms with Gasteiger partial charge in [0.05, 0.1) is 52.9 Å². The Hall–Kier alpha value is -8.68. The van der Waals surface area contributed by atoms with Crippen LogP contribution >= 0.6 is 0 Å². The van der Waals surface area contributed by atoms with Crippen LogP contribution in [-0.4, -0.2) is 123 Å². The van der Waals surface area contributed by atoms with Gasteiger partial charge in [0, 0.05) is 25.7 Å². The molecular weight excluding hydrogens is 1570 g/mol. The lowest BCUT2D eigenvalue weighted by Crippen LogP contribution is -2.32. The van der Waals surface area contributed by atoms with Gasteiger partial charge < -0.3 is 37.9 Å². The Morgan fingerprint density at radius 3 is 0.726 bits per heavy atom. The van der Waals surface area contributed by atoms with Crippen molar-refractivity contribution < 1.29 is 95.4 Å². The zero-order chi connectivity index (χ0) is 94.2. The van der Waals surface area contributed by atoms with Gasteiger partial charge in [-0.25, -0.2) is 0 Å². The normalized spacial score (nSPS) is 12.6. The molecule has 0 aliphatic rings. The lowest BCUT2D eigenvalue weighted by Gasteiger charge is -2.27. The molecule has 0 amide bonds. The summed E-state index contributed by atoms with van der Waals surface area (Å²) in [4.78, 5) is 145. The molecule has 0 heterocycles. The summed E-state index contributed by atoms with van der Waals surface area (Å²) in [5.41, 5.74) is 7.22. The van der Waals surface area contributed by atoms with Gasteiger partial charge in [-0.15, -0.1) is 0 Å². The minimum Gasteiger partial charge on any atom is -0.494 e. The van der Waals surface area contributed by atoms with Crippen LogP contribution in [0.5, 0.6) is 23.0 Å². The first kappa shape index (κ1) is 113. The highest BCUT2D eigenvalue weighted by Crippen LogP contribution is 2.38. The molecule has 4 rings (SSSR count). The van der Waals surface area contributed by atoms with E-state index in [1.54, 1.807) is 6.92 Å². The van der Waals surface area contributed by atoms with Crippen LogP contribution in [0.15, 0.2) is 84.9 Å². The molecule has 4 atom stereocenters. The number of hydrogen-bond acceptors (Lipinski definition) is 20. The van der Waals surface area contributed by atoms with Gasteiger partial charge in [-0.2, -0.15) is 0 Å². The smallest absolute Gasteiger partial charge is 0.324 e. The highest BCUT2D eigenvalue weighted by molar-refractivity contribution is 6.18. The molecule has 20 nitrogen and oxygen atoms in total. The van der Waals surface area contributed by atoms with E-state index in [0.29, 0.717) is 58.5 Å². The Kier molecular flexibility index (Phi) is 52.9. The topological polar surface area (TPSA) is 279 Å². The maximum Gasteiger partial charge on any atom is 0.324 e. The van der Waals surface area contributed by atoms with Crippen LogP contribution in [0, 0.1) is 23.7 Å². The number of carbonyl (C=O) groups is 12. The van der Waals surface area contributed by atoms with Gasteiger partial charge >= 0.3 is 23.9 Å². The van der Waals surface area contributed by atoms with Gasteiger partial charge in [-0.1, -0.05) is 277 Å². The predicted molar refractivity (Wildman–Crippen MR) is 494 cm³/mol. The third kappa shape index (κ3) is 45.5. The maximum absolute atomic E-state index is 12.5. The van der Waals surface area contributed by atoms with Crippen molar-refractivity contribution in [2.45, 2.75) is 367 Å². The molecule has 0 saturated heterocycles. The fraction of sp³-hybridized carbons (Fsp3) is 0.654. The summed E-state index contributed by atoms with van der Waals surface area (Å²) >= 11 is 0. The zero-order valence-electron chi connectivity index (χ0n) is 81.2. The molecule has 0 aliphatic carbocycles. The van der Waals surface area contributed by atoms with Crippen molar-refractivity contribution in [1.82, 2.24) is 0 Å². The molecule has 0 aromatic heterocycles. The van der Waals surface area contributed by atoms with Crippen molar-refractivity contribution in [2.24, 2.45) is 23.7 Å². The molecule has 4 unspecified atom stereocenters. The molecule has 0 fully saturated rings. The third-order valence-corrected chi connectivity index (χ3v) is 20.9. The van der Waals surface area contributed by atoms with Gasteiger partial charge in [0.25, 0.3) is 0 Å². The number of benzene rings is 4. The first-order valence-electron chi connectivity index (χ1n) is 45.7. The van der Waals surface area contributed by atoms with Crippen molar-refractivity contribution in [1.29, 1.82) is 0 Å². The largest absolute Gasteiger partial charge is 0.494 e. The van der Waals surface area contributed by atoms with E-state index in [9.17, 15) is 57.5 Å². The Morgan fingerprint density at radius 2 is 0.484 bits per heavy atom. The SMILES string of the molecule is CCCCCCCCCCOC(=O)C(C(C)=O)C(=O)CCCOc1ccc(C(C)(C)C)cc1.CCCCCCCCOC(=O)C(C(C)=O)C(=O)CCCOc1ccc(C(C)(C)C)cc1.CCCCOC(=O)C(C(C)=O)C(=O)CCCOc1ccc(C(C)(C)C)cc1C(C)(C)C.CCOC(=O)C(C(C)=O)C(=O)CCCOc1ccc(C(C)(C)C)cc1C(C)(C)C. The monoisotopic (exact) mass is 1730 g/mol. The fourth-order valence-electron chi connectivity index (χ4n) is 13.2. The fourth-order valence-corrected chi connectivity index (χ4v) is 13.2. The van der Waals surface area contributed by atoms with E-state index in [-0.39, 0.29) is 84.6 Å².